The lowest BCUT2D eigenvalue weighted by Crippen LogP contribution is -2.37. The molecule has 3 aliphatic rings. The summed E-state index contributed by atoms with van der Waals surface area (Å²) < 4.78 is 4.96. The number of anilines is 1. The fourth-order valence-electron chi connectivity index (χ4n) is 4.48. The lowest BCUT2D eigenvalue weighted by atomic mass is 9.81. The summed E-state index contributed by atoms with van der Waals surface area (Å²) >= 11 is 1.38. The van der Waals surface area contributed by atoms with Crippen molar-refractivity contribution in [2.24, 2.45) is 11.8 Å². The topological polar surface area (TPSA) is 117 Å². The Morgan fingerprint density at radius 1 is 1.14 bits per heavy atom. The van der Waals surface area contributed by atoms with E-state index in [0.29, 0.717) is 23.4 Å². The number of hydrogen-bond donors (Lipinski definition) is 1. The summed E-state index contributed by atoms with van der Waals surface area (Å²) in [4.78, 5) is 51.1. The maximum Gasteiger partial charge on any atom is 0.326 e. The number of imide groups is 1. The van der Waals surface area contributed by atoms with E-state index in [-0.39, 0.29) is 23.7 Å². The van der Waals surface area contributed by atoms with Crippen molar-refractivity contribution in [3.63, 3.8) is 0 Å². The fraction of sp³-hybridized carbons (Fsp3) is 0.550. The molecule has 0 radical (unpaired) electrons. The van der Waals surface area contributed by atoms with Crippen LogP contribution in [0.25, 0.3) is 0 Å². The molecule has 0 aromatic carbocycles. The van der Waals surface area contributed by atoms with Gasteiger partial charge in [-0.25, -0.2) is 0 Å². The van der Waals surface area contributed by atoms with Gasteiger partial charge in [0.2, 0.25) is 11.8 Å². The Morgan fingerprint density at radius 3 is 2.48 bits per heavy atom. The molecule has 1 aliphatic heterocycles. The number of aryl methyl sites for hydroxylation is 1. The quantitative estimate of drug-likeness (QED) is 0.579. The van der Waals surface area contributed by atoms with E-state index in [9.17, 15) is 24.4 Å². The predicted octanol–water partition coefficient (Wildman–Crippen LogP) is 1.77. The molecule has 4 rings (SSSR count). The molecule has 1 aromatic rings. The highest BCUT2D eigenvalue weighted by atomic mass is 32.1. The third-order valence-corrected chi connectivity index (χ3v) is 7.08. The van der Waals surface area contributed by atoms with Crippen LogP contribution in [-0.2, 0) is 36.8 Å². The second kappa shape index (κ2) is 7.95. The van der Waals surface area contributed by atoms with E-state index >= 15 is 0 Å². The summed E-state index contributed by atoms with van der Waals surface area (Å²) in [6, 6.07) is 2.13. The summed E-state index contributed by atoms with van der Waals surface area (Å²) in [6.07, 6.45) is 5.92. The molecule has 1 saturated carbocycles. The number of ether oxygens (including phenoxy) is 1. The molecule has 2 aliphatic carbocycles. The molecule has 8 nitrogen and oxygen atoms in total. The molecule has 3 amide bonds. The zero-order chi connectivity index (χ0) is 20.5. The van der Waals surface area contributed by atoms with Gasteiger partial charge in [-0.2, -0.15) is 5.26 Å². The number of rotatable bonds is 5. The van der Waals surface area contributed by atoms with Gasteiger partial charge in [0.15, 0.2) is 6.61 Å². The number of carbonyl (C=O) groups excluding carboxylic acids is 4. The first-order chi connectivity index (χ1) is 14.0. The van der Waals surface area contributed by atoms with Gasteiger partial charge in [-0.1, -0.05) is 12.8 Å². The smallest absolute Gasteiger partial charge is 0.326 e. The van der Waals surface area contributed by atoms with Gasteiger partial charge in [-0.15, -0.1) is 11.3 Å². The minimum atomic E-state index is -0.797. The van der Waals surface area contributed by atoms with Gasteiger partial charge in [0.05, 0.1) is 17.4 Å². The third-order valence-electron chi connectivity index (χ3n) is 5.87. The molecule has 1 N–H and O–H groups in total. The van der Waals surface area contributed by atoms with Crippen LogP contribution in [0.15, 0.2) is 0 Å². The van der Waals surface area contributed by atoms with Crippen molar-refractivity contribution in [1.29, 1.82) is 5.26 Å². The van der Waals surface area contributed by atoms with E-state index in [1.54, 1.807) is 0 Å². The molecule has 2 atom stereocenters. The van der Waals surface area contributed by atoms with Crippen LogP contribution in [0.4, 0.5) is 5.00 Å². The Labute approximate surface area is 171 Å². The van der Waals surface area contributed by atoms with Gasteiger partial charge >= 0.3 is 5.97 Å². The molecule has 0 unspecified atom stereocenters. The zero-order valence-corrected chi connectivity index (χ0v) is 16.7. The van der Waals surface area contributed by atoms with Crippen molar-refractivity contribution >= 4 is 40.0 Å². The molecule has 1 aromatic heterocycles. The van der Waals surface area contributed by atoms with Crippen LogP contribution >= 0.6 is 11.3 Å². The van der Waals surface area contributed by atoms with Crippen LogP contribution in [0.2, 0.25) is 0 Å². The fourth-order valence-corrected chi connectivity index (χ4v) is 5.74. The number of nitrogens with zero attached hydrogens (tertiary/aromatic N) is 2. The van der Waals surface area contributed by atoms with E-state index in [4.69, 9.17) is 4.74 Å². The Balaban J connectivity index is 1.30. The van der Waals surface area contributed by atoms with Crippen LogP contribution in [0.1, 0.15) is 48.1 Å². The zero-order valence-electron chi connectivity index (χ0n) is 15.9. The third kappa shape index (κ3) is 3.65. The summed E-state index contributed by atoms with van der Waals surface area (Å²) in [5.74, 6) is -2.62. The highest BCUT2D eigenvalue weighted by molar-refractivity contribution is 7.16. The number of amides is 3. The molecule has 2 heterocycles. The van der Waals surface area contributed by atoms with Crippen LogP contribution in [0, 0.1) is 23.2 Å². The van der Waals surface area contributed by atoms with Crippen molar-refractivity contribution in [1.82, 2.24) is 4.90 Å². The SMILES string of the molecule is N#Cc1c(NC(=O)COC(=O)CN2C(=O)[C@@H]3CCCC[C@H]3C2=O)sc2c1CCC2. The molecule has 0 spiro atoms. The van der Waals surface area contributed by atoms with Gasteiger partial charge in [0, 0.05) is 4.88 Å². The van der Waals surface area contributed by atoms with Crippen molar-refractivity contribution in [2.75, 3.05) is 18.5 Å². The van der Waals surface area contributed by atoms with Gasteiger partial charge in [0.25, 0.3) is 5.91 Å². The van der Waals surface area contributed by atoms with E-state index in [2.05, 4.69) is 11.4 Å². The summed E-state index contributed by atoms with van der Waals surface area (Å²) in [5.41, 5.74) is 1.48. The summed E-state index contributed by atoms with van der Waals surface area (Å²) in [6.45, 7) is -0.996. The number of carbonyl (C=O) groups is 4. The van der Waals surface area contributed by atoms with Crippen LogP contribution in [-0.4, -0.2) is 41.7 Å². The average molecular weight is 415 g/mol. The van der Waals surface area contributed by atoms with E-state index in [1.807, 2.05) is 0 Å². The second-order valence-corrected chi connectivity index (χ2v) is 8.75. The molecule has 152 valence electrons. The molecular weight excluding hydrogens is 394 g/mol. The number of hydrogen-bond acceptors (Lipinski definition) is 7. The number of nitriles is 1. The van der Waals surface area contributed by atoms with Crippen molar-refractivity contribution in [3.05, 3.63) is 16.0 Å². The van der Waals surface area contributed by atoms with Crippen molar-refractivity contribution in [3.8, 4) is 6.07 Å². The maximum atomic E-state index is 12.4. The van der Waals surface area contributed by atoms with E-state index in [0.717, 1.165) is 47.4 Å². The van der Waals surface area contributed by atoms with Crippen LogP contribution in [0.3, 0.4) is 0 Å². The first-order valence-electron chi connectivity index (χ1n) is 9.85. The van der Waals surface area contributed by atoms with Crippen LogP contribution < -0.4 is 5.32 Å². The first kappa shape index (κ1) is 19.6. The lowest BCUT2D eigenvalue weighted by Gasteiger charge is -2.19. The van der Waals surface area contributed by atoms with E-state index < -0.39 is 25.0 Å². The maximum absolute atomic E-state index is 12.4. The summed E-state index contributed by atoms with van der Waals surface area (Å²) in [5, 5.41) is 12.5. The first-order valence-corrected chi connectivity index (χ1v) is 10.7. The van der Waals surface area contributed by atoms with Crippen molar-refractivity contribution < 1.29 is 23.9 Å². The van der Waals surface area contributed by atoms with E-state index in [1.165, 1.54) is 11.3 Å². The van der Waals surface area contributed by atoms with Crippen LogP contribution in [0.5, 0.6) is 0 Å². The highest BCUT2D eigenvalue weighted by Crippen LogP contribution is 2.39. The number of fused-ring (bicyclic) bond motifs is 2. The number of thiophene rings is 1. The van der Waals surface area contributed by atoms with Crippen molar-refractivity contribution in [2.45, 2.75) is 44.9 Å². The van der Waals surface area contributed by atoms with Gasteiger partial charge in [-0.3, -0.25) is 24.1 Å². The largest absolute Gasteiger partial charge is 0.454 e. The van der Waals surface area contributed by atoms with Gasteiger partial charge < -0.3 is 10.1 Å². The highest BCUT2D eigenvalue weighted by Gasteiger charge is 2.48. The minimum Gasteiger partial charge on any atom is -0.454 e. The number of likely N-dealkylation sites (tertiary alicyclic amines) is 1. The standard InChI is InChI=1S/C20H21N3O5S/c21-8-14-11-6-3-7-15(11)29-18(14)22-16(24)10-28-17(25)9-23-19(26)12-4-1-2-5-13(12)20(23)27/h12-13H,1-7,9-10H2,(H,22,24)/t12-,13-/m1/s1. The molecule has 0 bridgehead atoms. The monoisotopic (exact) mass is 415 g/mol. The van der Waals surface area contributed by atoms with Gasteiger partial charge in [-0.05, 0) is 37.7 Å². The molecule has 2 fully saturated rings. The Bertz CT molecular complexity index is 907. The number of esters is 1. The molecular formula is C20H21N3O5S. The second-order valence-electron chi connectivity index (χ2n) is 7.64. The molecule has 1 saturated heterocycles. The van der Waals surface area contributed by atoms with Gasteiger partial charge in [0.1, 0.15) is 17.6 Å². The predicted molar refractivity (Wildman–Crippen MR) is 103 cm³/mol. The Hall–Kier alpha value is -2.73. The number of nitrogens with one attached hydrogen (secondary N) is 1. The normalized spacial score (nSPS) is 22.8. The minimum absolute atomic E-state index is 0.312. The summed E-state index contributed by atoms with van der Waals surface area (Å²) in [7, 11) is 0. The Morgan fingerprint density at radius 2 is 1.83 bits per heavy atom. The molecule has 9 heteroatoms. The molecule has 29 heavy (non-hydrogen) atoms. The lowest BCUT2D eigenvalue weighted by molar-refractivity contribution is -0.154. The average Bonchev–Trinajstić information content (AvgIpc) is 3.35. The Kier molecular flexibility index (Phi) is 5.37.